The molecular formula is C14H18NOP. The van der Waals surface area contributed by atoms with E-state index in [4.69, 9.17) is 0 Å². The summed E-state index contributed by atoms with van der Waals surface area (Å²) in [6.45, 7) is 6.09. The van der Waals surface area contributed by atoms with Crippen molar-refractivity contribution in [3.8, 4) is 0 Å². The highest BCUT2D eigenvalue weighted by Gasteiger charge is 2.39. The summed E-state index contributed by atoms with van der Waals surface area (Å²) in [5.74, 6) is 0. The van der Waals surface area contributed by atoms with Gasteiger partial charge in [-0.3, -0.25) is 4.57 Å². The van der Waals surface area contributed by atoms with Gasteiger partial charge in [0.05, 0.1) is 0 Å². The summed E-state index contributed by atoms with van der Waals surface area (Å²) in [5.41, 5.74) is 0. The smallest absolute Gasteiger partial charge is 0.209 e. The Morgan fingerprint density at radius 3 is 1.94 bits per heavy atom. The van der Waals surface area contributed by atoms with E-state index in [1.54, 1.807) is 0 Å². The van der Waals surface area contributed by atoms with Gasteiger partial charge >= 0.3 is 0 Å². The van der Waals surface area contributed by atoms with E-state index in [0.717, 1.165) is 5.30 Å². The molecule has 2 nitrogen and oxygen atoms in total. The molecule has 0 amide bonds. The Labute approximate surface area is 103 Å². The molecular weight excluding hydrogens is 229 g/mol. The molecule has 3 heteroatoms. The fourth-order valence-electron chi connectivity index (χ4n) is 2.01. The van der Waals surface area contributed by atoms with Gasteiger partial charge in [-0.2, -0.15) is 0 Å². The summed E-state index contributed by atoms with van der Waals surface area (Å²) in [6.07, 6.45) is 3.78. The van der Waals surface area contributed by atoms with Crippen molar-refractivity contribution in [2.24, 2.45) is 0 Å². The molecule has 0 radical (unpaired) electrons. The van der Waals surface area contributed by atoms with Crippen LogP contribution in [0.3, 0.4) is 0 Å². The number of aromatic nitrogens is 1. The van der Waals surface area contributed by atoms with Crippen LogP contribution in [0.15, 0.2) is 54.9 Å². The van der Waals surface area contributed by atoms with Crippen LogP contribution in [0.4, 0.5) is 0 Å². The molecule has 1 aromatic carbocycles. The average molecular weight is 247 g/mol. The lowest BCUT2D eigenvalue weighted by Crippen LogP contribution is -2.27. The van der Waals surface area contributed by atoms with Gasteiger partial charge in [0.1, 0.15) is 0 Å². The highest BCUT2D eigenvalue weighted by atomic mass is 31.2. The molecule has 0 N–H and O–H groups in total. The SMILES string of the molecule is CC(C)(C)P(=O)(c1ccccc1)n1cccc1. The molecule has 1 aromatic heterocycles. The number of nitrogens with zero attached hydrogens (tertiary/aromatic N) is 1. The molecule has 0 fully saturated rings. The first-order chi connectivity index (χ1) is 7.96. The third-order valence-electron chi connectivity index (χ3n) is 2.93. The van der Waals surface area contributed by atoms with Gasteiger partial charge in [0, 0.05) is 22.9 Å². The van der Waals surface area contributed by atoms with Crippen molar-refractivity contribution in [3.05, 3.63) is 54.9 Å². The van der Waals surface area contributed by atoms with Gasteiger partial charge in [0.2, 0.25) is 7.29 Å². The molecule has 0 saturated carbocycles. The lowest BCUT2D eigenvalue weighted by atomic mass is 10.3. The normalized spacial score (nSPS) is 15.5. The van der Waals surface area contributed by atoms with E-state index in [-0.39, 0.29) is 5.16 Å². The maximum atomic E-state index is 13.5. The van der Waals surface area contributed by atoms with Gasteiger partial charge in [-0.15, -0.1) is 0 Å². The third kappa shape index (κ3) is 1.98. The fraction of sp³-hybridized carbons (Fsp3) is 0.286. The summed E-state index contributed by atoms with van der Waals surface area (Å²) in [6, 6.07) is 13.6. The first kappa shape index (κ1) is 12.2. The van der Waals surface area contributed by atoms with E-state index in [1.165, 1.54) is 0 Å². The Kier molecular flexibility index (Phi) is 3.01. The molecule has 0 spiro atoms. The summed E-state index contributed by atoms with van der Waals surface area (Å²) < 4.78 is 15.3. The van der Waals surface area contributed by atoms with Gasteiger partial charge in [0.25, 0.3) is 0 Å². The largest absolute Gasteiger partial charge is 0.301 e. The summed E-state index contributed by atoms with van der Waals surface area (Å²) in [5, 5.41) is 0.608. The van der Waals surface area contributed by atoms with Gasteiger partial charge in [-0.25, -0.2) is 0 Å². The highest BCUT2D eigenvalue weighted by Crippen LogP contribution is 2.57. The van der Waals surface area contributed by atoms with Crippen molar-refractivity contribution in [2.75, 3.05) is 0 Å². The number of hydrogen-bond acceptors (Lipinski definition) is 1. The van der Waals surface area contributed by atoms with Crippen molar-refractivity contribution in [2.45, 2.75) is 25.9 Å². The quantitative estimate of drug-likeness (QED) is 0.741. The van der Waals surface area contributed by atoms with Crippen LogP contribution >= 0.6 is 7.29 Å². The molecule has 1 atom stereocenters. The van der Waals surface area contributed by atoms with E-state index in [0.29, 0.717) is 0 Å². The van der Waals surface area contributed by atoms with Crippen molar-refractivity contribution < 1.29 is 4.57 Å². The zero-order valence-corrected chi connectivity index (χ0v) is 11.4. The Hall–Kier alpha value is -1.27. The number of hydrogen-bond donors (Lipinski definition) is 0. The molecule has 2 aromatic rings. The van der Waals surface area contributed by atoms with E-state index >= 15 is 0 Å². The zero-order chi connectivity index (χ0) is 12.5. The van der Waals surface area contributed by atoms with E-state index < -0.39 is 7.29 Å². The molecule has 0 aliphatic rings. The van der Waals surface area contributed by atoms with E-state index in [2.05, 4.69) is 0 Å². The van der Waals surface area contributed by atoms with Crippen LogP contribution in [-0.4, -0.2) is 9.49 Å². The lowest BCUT2D eigenvalue weighted by molar-refractivity contribution is 0.548. The van der Waals surface area contributed by atoms with Crippen molar-refractivity contribution in [1.82, 2.24) is 4.34 Å². The summed E-state index contributed by atoms with van der Waals surface area (Å²) in [4.78, 5) is 0. The van der Waals surface area contributed by atoms with Crippen LogP contribution in [0.5, 0.6) is 0 Å². The second-order valence-electron chi connectivity index (χ2n) is 5.15. The van der Waals surface area contributed by atoms with Crippen LogP contribution < -0.4 is 5.30 Å². The lowest BCUT2D eigenvalue weighted by Gasteiger charge is -2.32. The predicted molar refractivity (Wildman–Crippen MR) is 73.3 cm³/mol. The maximum Gasteiger partial charge on any atom is 0.209 e. The Bertz CT molecular complexity index is 523. The number of benzene rings is 1. The Morgan fingerprint density at radius 2 is 1.47 bits per heavy atom. The fourth-order valence-corrected chi connectivity index (χ4v) is 4.85. The molecule has 1 heterocycles. The standard InChI is InChI=1S/C14H18NOP/c1-14(2,3)17(16,15-11-7-8-12-15)13-9-5-4-6-10-13/h4-12H,1-3H3. The van der Waals surface area contributed by atoms with E-state index in [9.17, 15) is 4.57 Å². The second kappa shape index (κ2) is 4.19. The van der Waals surface area contributed by atoms with Gasteiger partial charge in [-0.1, -0.05) is 39.0 Å². The van der Waals surface area contributed by atoms with Crippen LogP contribution in [-0.2, 0) is 4.57 Å². The monoisotopic (exact) mass is 247 g/mol. The minimum absolute atomic E-state index is 0.298. The molecule has 0 aliphatic carbocycles. The highest BCUT2D eigenvalue weighted by molar-refractivity contribution is 7.71. The molecule has 0 saturated heterocycles. The zero-order valence-electron chi connectivity index (χ0n) is 10.5. The Balaban J connectivity index is 2.66. The predicted octanol–water partition coefficient (Wildman–Crippen LogP) is 3.74. The minimum Gasteiger partial charge on any atom is -0.301 e. The van der Waals surface area contributed by atoms with Crippen LogP contribution in [0, 0.1) is 0 Å². The van der Waals surface area contributed by atoms with E-state index in [1.807, 2.05) is 80.0 Å². The molecule has 0 bridgehead atoms. The van der Waals surface area contributed by atoms with Crippen LogP contribution in [0.2, 0.25) is 0 Å². The van der Waals surface area contributed by atoms with Gasteiger partial charge < -0.3 is 4.34 Å². The van der Waals surface area contributed by atoms with Gasteiger partial charge in [-0.05, 0) is 24.3 Å². The van der Waals surface area contributed by atoms with Crippen molar-refractivity contribution >= 4 is 12.6 Å². The molecule has 1 unspecified atom stereocenters. The van der Waals surface area contributed by atoms with Crippen LogP contribution in [0.1, 0.15) is 20.8 Å². The maximum absolute atomic E-state index is 13.5. The van der Waals surface area contributed by atoms with Crippen molar-refractivity contribution in [3.63, 3.8) is 0 Å². The van der Waals surface area contributed by atoms with Crippen molar-refractivity contribution in [1.29, 1.82) is 0 Å². The summed E-state index contributed by atoms with van der Waals surface area (Å²) in [7, 11) is -2.64. The molecule has 90 valence electrons. The first-order valence-electron chi connectivity index (χ1n) is 5.76. The first-order valence-corrected chi connectivity index (χ1v) is 7.42. The molecule has 17 heavy (non-hydrogen) atoms. The minimum atomic E-state index is -2.64. The topological polar surface area (TPSA) is 22.0 Å². The van der Waals surface area contributed by atoms with Gasteiger partial charge in [0.15, 0.2) is 0 Å². The molecule has 2 rings (SSSR count). The van der Waals surface area contributed by atoms with Crippen LogP contribution in [0.25, 0.3) is 0 Å². The third-order valence-corrected chi connectivity index (χ3v) is 6.66. The second-order valence-corrected chi connectivity index (χ2v) is 8.62. The number of rotatable bonds is 2. The summed E-state index contributed by atoms with van der Waals surface area (Å²) >= 11 is 0. The Morgan fingerprint density at radius 1 is 0.941 bits per heavy atom. The average Bonchev–Trinajstić information content (AvgIpc) is 2.81. The molecule has 0 aliphatic heterocycles.